The Balaban J connectivity index is 2.38. The zero-order valence-corrected chi connectivity index (χ0v) is 9.81. The summed E-state index contributed by atoms with van der Waals surface area (Å²) in [6.07, 6.45) is -1.35. The molecule has 0 radical (unpaired) electrons. The van der Waals surface area contributed by atoms with Gasteiger partial charge in [0, 0.05) is 6.04 Å². The topological polar surface area (TPSA) is 114 Å². The van der Waals surface area contributed by atoms with Gasteiger partial charge in [0.15, 0.2) is 0 Å². The Labute approximate surface area is 99.7 Å². The Hall–Kier alpha value is -1.18. The molecule has 7 heteroatoms. The molecule has 0 aromatic heterocycles. The lowest BCUT2D eigenvalue weighted by Gasteiger charge is -2.18. The fraction of sp³-hybridized carbons (Fsp3) is 0.800. The number of aliphatic hydroxyl groups is 1. The summed E-state index contributed by atoms with van der Waals surface area (Å²) >= 11 is 0. The van der Waals surface area contributed by atoms with Crippen molar-refractivity contribution in [2.75, 3.05) is 26.3 Å². The number of hydrogen-bond acceptors (Lipinski definition) is 5. The van der Waals surface area contributed by atoms with Crippen molar-refractivity contribution in [1.82, 2.24) is 10.6 Å². The molecule has 0 aromatic rings. The molecule has 3 atom stereocenters. The fourth-order valence-electron chi connectivity index (χ4n) is 1.71. The molecule has 1 aliphatic rings. The molecule has 0 aromatic carbocycles. The van der Waals surface area contributed by atoms with Crippen LogP contribution < -0.4 is 16.4 Å². The van der Waals surface area contributed by atoms with Gasteiger partial charge in [0.05, 0.1) is 25.7 Å². The van der Waals surface area contributed by atoms with Crippen LogP contribution in [0, 0.1) is 5.92 Å². The van der Waals surface area contributed by atoms with E-state index in [0.717, 1.165) is 6.54 Å². The van der Waals surface area contributed by atoms with Crippen molar-refractivity contribution in [2.24, 2.45) is 11.7 Å². The molecule has 5 N–H and O–H groups in total. The van der Waals surface area contributed by atoms with Crippen LogP contribution in [0.1, 0.15) is 6.92 Å². The predicted molar refractivity (Wildman–Crippen MR) is 60.0 cm³/mol. The first-order valence-corrected chi connectivity index (χ1v) is 5.62. The van der Waals surface area contributed by atoms with Crippen LogP contribution in [0.2, 0.25) is 0 Å². The van der Waals surface area contributed by atoms with Crippen molar-refractivity contribution < 1.29 is 19.4 Å². The molecule has 0 spiro atoms. The molecule has 1 heterocycles. The van der Waals surface area contributed by atoms with Crippen LogP contribution in [0.5, 0.6) is 0 Å². The summed E-state index contributed by atoms with van der Waals surface area (Å²) in [5.41, 5.74) is 4.87. The lowest BCUT2D eigenvalue weighted by Crippen LogP contribution is -2.47. The van der Waals surface area contributed by atoms with Gasteiger partial charge in [-0.05, 0) is 6.54 Å². The van der Waals surface area contributed by atoms with Gasteiger partial charge in [-0.1, -0.05) is 6.92 Å². The molecular formula is C10H19N3O4. The Kier molecular flexibility index (Phi) is 5.33. The van der Waals surface area contributed by atoms with Crippen LogP contribution in [0.25, 0.3) is 0 Å². The molecule has 7 nitrogen and oxygen atoms in total. The molecule has 1 saturated heterocycles. The summed E-state index contributed by atoms with van der Waals surface area (Å²) in [5, 5.41) is 14.8. The van der Waals surface area contributed by atoms with E-state index in [1.54, 1.807) is 0 Å². The lowest BCUT2D eigenvalue weighted by molar-refractivity contribution is -0.128. The summed E-state index contributed by atoms with van der Waals surface area (Å²) in [6.45, 7) is 3.37. The molecular weight excluding hydrogens is 226 g/mol. The van der Waals surface area contributed by atoms with E-state index in [2.05, 4.69) is 10.6 Å². The average molecular weight is 245 g/mol. The second kappa shape index (κ2) is 6.53. The van der Waals surface area contributed by atoms with Crippen LogP contribution in [0.4, 0.5) is 0 Å². The number of carbonyl (C=O) groups excluding carboxylic acids is 2. The smallest absolute Gasteiger partial charge is 0.248 e. The summed E-state index contributed by atoms with van der Waals surface area (Å²) < 4.78 is 5.22. The molecule has 1 aliphatic heterocycles. The zero-order valence-electron chi connectivity index (χ0n) is 9.81. The molecule has 17 heavy (non-hydrogen) atoms. The highest BCUT2D eigenvalue weighted by Crippen LogP contribution is 2.13. The zero-order chi connectivity index (χ0) is 12.8. The van der Waals surface area contributed by atoms with Gasteiger partial charge < -0.3 is 26.2 Å². The Morgan fingerprint density at radius 1 is 1.53 bits per heavy atom. The molecule has 2 amide bonds. The number of nitrogens with one attached hydrogen (secondary N) is 2. The van der Waals surface area contributed by atoms with Gasteiger partial charge in [0.2, 0.25) is 11.8 Å². The van der Waals surface area contributed by atoms with E-state index in [0.29, 0.717) is 13.2 Å². The first kappa shape index (κ1) is 13.9. The van der Waals surface area contributed by atoms with E-state index < -0.39 is 12.0 Å². The summed E-state index contributed by atoms with van der Waals surface area (Å²) in [7, 11) is 0. The average Bonchev–Trinajstić information content (AvgIpc) is 2.74. The second-order valence-corrected chi connectivity index (χ2v) is 3.97. The molecule has 1 rings (SSSR count). The van der Waals surface area contributed by atoms with Crippen LogP contribution in [0.15, 0.2) is 0 Å². The predicted octanol–water partition coefficient (Wildman–Crippen LogP) is -2.43. The number of likely N-dealkylation sites (N-methyl/N-ethyl adjacent to an activating group) is 1. The van der Waals surface area contributed by atoms with Gasteiger partial charge in [0.1, 0.15) is 6.10 Å². The highest BCUT2D eigenvalue weighted by Gasteiger charge is 2.33. The van der Waals surface area contributed by atoms with Gasteiger partial charge in [-0.15, -0.1) is 0 Å². The largest absolute Gasteiger partial charge is 0.381 e. The first-order chi connectivity index (χ1) is 8.06. The number of aliphatic hydroxyl groups excluding tert-OH is 1. The number of primary amides is 1. The third kappa shape index (κ3) is 3.95. The van der Waals surface area contributed by atoms with E-state index in [9.17, 15) is 9.59 Å². The molecule has 0 bridgehead atoms. The van der Waals surface area contributed by atoms with Crippen LogP contribution >= 0.6 is 0 Å². The molecule has 0 saturated carbocycles. The van der Waals surface area contributed by atoms with Crippen LogP contribution in [-0.2, 0) is 14.3 Å². The molecule has 3 unspecified atom stereocenters. The van der Waals surface area contributed by atoms with Crippen LogP contribution in [0.3, 0.4) is 0 Å². The van der Waals surface area contributed by atoms with Gasteiger partial charge in [-0.25, -0.2) is 0 Å². The monoisotopic (exact) mass is 245 g/mol. The first-order valence-electron chi connectivity index (χ1n) is 5.62. The normalized spacial score (nSPS) is 25.5. The quantitative estimate of drug-likeness (QED) is 0.415. The van der Waals surface area contributed by atoms with Crippen molar-refractivity contribution in [2.45, 2.75) is 19.1 Å². The minimum absolute atomic E-state index is 0.0225. The summed E-state index contributed by atoms with van der Waals surface area (Å²) in [4.78, 5) is 22.3. The number of carbonyl (C=O) groups is 2. The Bertz CT molecular complexity index is 285. The van der Waals surface area contributed by atoms with E-state index in [1.807, 2.05) is 6.92 Å². The maximum Gasteiger partial charge on any atom is 0.248 e. The number of rotatable bonds is 6. The van der Waals surface area contributed by atoms with Crippen molar-refractivity contribution >= 4 is 11.8 Å². The fourth-order valence-corrected chi connectivity index (χ4v) is 1.71. The van der Waals surface area contributed by atoms with Crippen molar-refractivity contribution in [3.8, 4) is 0 Å². The number of nitrogens with two attached hydrogens (primary N) is 1. The van der Waals surface area contributed by atoms with Crippen molar-refractivity contribution in [3.63, 3.8) is 0 Å². The lowest BCUT2D eigenvalue weighted by atomic mass is 10.0. The minimum atomic E-state index is -1.35. The summed E-state index contributed by atoms with van der Waals surface area (Å²) in [5.74, 6) is -1.39. The second-order valence-electron chi connectivity index (χ2n) is 3.97. The summed E-state index contributed by atoms with van der Waals surface area (Å²) in [6, 6.07) is -0.0225. The van der Waals surface area contributed by atoms with Crippen LogP contribution in [-0.4, -0.2) is 55.4 Å². The van der Waals surface area contributed by atoms with Gasteiger partial charge in [-0.2, -0.15) is 0 Å². The maximum absolute atomic E-state index is 11.8. The van der Waals surface area contributed by atoms with Crippen molar-refractivity contribution in [1.29, 1.82) is 0 Å². The Morgan fingerprint density at radius 3 is 2.82 bits per heavy atom. The maximum atomic E-state index is 11.8. The molecule has 98 valence electrons. The van der Waals surface area contributed by atoms with E-state index in [4.69, 9.17) is 15.6 Å². The van der Waals surface area contributed by atoms with E-state index in [-0.39, 0.29) is 24.4 Å². The standard InChI is InChI=1S/C10H19N3O4/c1-2-12-7-5-17-4-6(7)10(16)13-3-8(14)9(11)15/h6-8,12,14H,2-5H2,1H3,(H2,11,15)(H,13,16). The van der Waals surface area contributed by atoms with Gasteiger partial charge >= 0.3 is 0 Å². The minimum Gasteiger partial charge on any atom is -0.381 e. The highest BCUT2D eigenvalue weighted by atomic mass is 16.5. The van der Waals surface area contributed by atoms with Gasteiger partial charge in [-0.3, -0.25) is 9.59 Å². The number of ether oxygens (including phenoxy) is 1. The van der Waals surface area contributed by atoms with E-state index in [1.165, 1.54) is 0 Å². The molecule has 0 aliphatic carbocycles. The third-order valence-electron chi connectivity index (χ3n) is 2.68. The Morgan fingerprint density at radius 2 is 2.24 bits per heavy atom. The highest BCUT2D eigenvalue weighted by molar-refractivity contribution is 5.82. The number of hydrogen-bond donors (Lipinski definition) is 4. The van der Waals surface area contributed by atoms with Crippen molar-refractivity contribution in [3.05, 3.63) is 0 Å². The van der Waals surface area contributed by atoms with Gasteiger partial charge in [0.25, 0.3) is 0 Å². The number of amides is 2. The SMILES string of the molecule is CCNC1COCC1C(=O)NCC(O)C(N)=O. The molecule has 1 fully saturated rings. The third-order valence-corrected chi connectivity index (χ3v) is 2.68. The van der Waals surface area contributed by atoms with E-state index >= 15 is 0 Å².